The molecule has 0 unspecified atom stereocenters. The molecule has 1 aliphatic heterocycles. The van der Waals surface area contributed by atoms with Crippen molar-refractivity contribution in [2.45, 2.75) is 39.5 Å². The molecule has 1 saturated heterocycles. The van der Waals surface area contributed by atoms with Gasteiger partial charge in [-0.05, 0) is 56.8 Å². The third kappa shape index (κ3) is 4.68. The molecule has 2 aromatic rings. The number of piperidine rings is 1. The second-order valence-corrected chi connectivity index (χ2v) is 7.40. The van der Waals surface area contributed by atoms with Crippen LogP contribution in [0.25, 0.3) is 5.69 Å². The fourth-order valence-electron chi connectivity index (χ4n) is 3.65. The van der Waals surface area contributed by atoms with Crippen molar-refractivity contribution < 1.29 is 4.79 Å². The molecule has 1 amide bonds. The number of rotatable bonds is 5. The number of hydrogen-bond acceptors (Lipinski definition) is 4. The number of nitrogens with zero attached hydrogens (tertiary/aromatic N) is 4. The van der Waals surface area contributed by atoms with E-state index in [1.165, 1.54) is 5.56 Å². The van der Waals surface area contributed by atoms with Crippen LogP contribution < -0.4 is 5.32 Å². The third-order valence-electron chi connectivity index (χ3n) is 5.14. The summed E-state index contributed by atoms with van der Waals surface area (Å²) in [6.45, 7) is 8.79. The Labute approximate surface area is 167 Å². The Morgan fingerprint density at radius 2 is 1.93 bits per heavy atom. The van der Waals surface area contributed by atoms with Crippen LogP contribution in [0.15, 0.2) is 24.3 Å². The quantitative estimate of drug-likeness (QED) is 0.850. The van der Waals surface area contributed by atoms with E-state index in [1.54, 1.807) is 4.68 Å². The number of aryl methyl sites for hydroxylation is 1. The first-order valence-electron chi connectivity index (χ1n) is 9.48. The zero-order chi connectivity index (χ0) is 18.7. The van der Waals surface area contributed by atoms with Gasteiger partial charge in [0.05, 0.1) is 5.69 Å². The first-order valence-corrected chi connectivity index (χ1v) is 9.48. The van der Waals surface area contributed by atoms with Crippen LogP contribution >= 0.6 is 12.4 Å². The number of carbonyl (C=O) groups excluding carboxylic acids is 1. The van der Waals surface area contributed by atoms with Gasteiger partial charge in [0.15, 0.2) is 0 Å². The molecule has 148 valence electrons. The van der Waals surface area contributed by atoms with E-state index in [0.29, 0.717) is 17.7 Å². The molecule has 1 aromatic heterocycles. The normalized spacial score (nSPS) is 15.1. The van der Waals surface area contributed by atoms with Crippen LogP contribution in [-0.4, -0.2) is 52.3 Å². The highest BCUT2D eigenvalue weighted by molar-refractivity contribution is 5.90. The molecule has 1 N–H and O–H groups in total. The van der Waals surface area contributed by atoms with Crippen molar-refractivity contribution in [2.75, 3.05) is 26.7 Å². The molecule has 0 spiro atoms. The van der Waals surface area contributed by atoms with Crippen molar-refractivity contribution in [3.8, 4) is 5.69 Å². The molecule has 7 heteroatoms. The average molecular weight is 392 g/mol. The molecule has 6 nitrogen and oxygen atoms in total. The second-order valence-electron chi connectivity index (χ2n) is 7.40. The maximum Gasteiger partial charge on any atom is 0.293 e. The van der Waals surface area contributed by atoms with Crippen molar-refractivity contribution in [1.29, 1.82) is 0 Å². The van der Waals surface area contributed by atoms with E-state index in [-0.39, 0.29) is 18.3 Å². The zero-order valence-electron chi connectivity index (χ0n) is 16.6. The van der Waals surface area contributed by atoms with Crippen LogP contribution in [0.3, 0.4) is 0 Å². The highest BCUT2D eigenvalue weighted by Crippen LogP contribution is 2.24. The standard InChI is InChI=1S/C20H29N5O.ClH/c1-14(2)17-7-5-6-8-18(17)25-15(3)22-19(23-25)20(26)24-11-9-16(10-12-24)13-21-4;/h5-8,14,16,21H,9-13H2,1-4H3;1H. The van der Waals surface area contributed by atoms with Gasteiger partial charge in [-0.25, -0.2) is 9.67 Å². The minimum Gasteiger partial charge on any atom is -0.336 e. The molecule has 0 bridgehead atoms. The van der Waals surface area contributed by atoms with Gasteiger partial charge in [-0.2, -0.15) is 0 Å². The van der Waals surface area contributed by atoms with Gasteiger partial charge in [-0.15, -0.1) is 17.5 Å². The summed E-state index contributed by atoms with van der Waals surface area (Å²) in [5.74, 6) is 2.01. The van der Waals surface area contributed by atoms with E-state index >= 15 is 0 Å². The monoisotopic (exact) mass is 391 g/mol. The first-order chi connectivity index (χ1) is 12.5. The molecular weight excluding hydrogens is 362 g/mol. The summed E-state index contributed by atoms with van der Waals surface area (Å²) < 4.78 is 1.80. The van der Waals surface area contributed by atoms with E-state index in [0.717, 1.165) is 44.0 Å². The number of likely N-dealkylation sites (tertiary alicyclic amines) is 1. The van der Waals surface area contributed by atoms with E-state index in [4.69, 9.17) is 0 Å². The maximum atomic E-state index is 12.9. The fraction of sp³-hybridized carbons (Fsp3) is 0.550. The Hall–Kier alpha value is -1.92. The summed E-state index contributed by atoms with van der Waals surface area (Å²) in [6.07, 6.45) is 2.06. The zero-order valence-corrected chi connectivity index (χ0v) is 17.4. The van der Waals surface area contributed by atoms with E-state index in [1.807, 2.05) is 37.1 Å². The molecule has 1 fully saturated rings. The average Bonchev–Trinajstić information content (AvgIpc) is 3.03. The lowest BCUT2D eigenvalue weighted by Gasteiger charge is -2.31. The highest BCUT2D eigenvalue weighted by atomic mass is 35.5. The van der Waals surface area contributed by atoms with Crippen molar-refractivity contribution >= 4 is 18.3 Å². The SMILES string of the molecule is CNCC1CCN(C(=O)c2nc(C)n(-c3ccccc3C(C)C)n2)CC1.Cl. The molecule has 0 saturated carbocycles. The molecule has 27 heavy (non-hydrogen) atoms. The van der Waals surface area contributed by atoms with Gasteiger partial charge in [0, 0.05) is 13.1 Å². The Bertz CT molecular complexity index is 765. The van der Waals surface area contributed by atoms with E-state index in [9.17, 15) is 4.79 Å². The number of hydrogen-bond donors (Lipinski definition) is 1. The summed E-state index contributed by atoms with van der Waals surface area (Å²) in [7, 11) is 1.98. The number of amides is 1. The molecule has 3 rings (SSSR count). The highest BCUT2D eigenvalue weighted by Gasteiger charge is 2.26. The number of aromatic nitrogens is 3. The minimum absolute atomic E-state index is 0. The topological polar surface area (TPSA) is 63.1 Å². The molecule has 1 aliphatic rings. The molecule has 2 heterocycles. The number of carbonyl (C=O) groups is 1. The van der Waals surface area contributed by atoms with Gasteiger partial charge < -0.3 is 10.2 Å². The van der Waals surface area contributed by atoms with E-state index < -0.39 is 0 Å². The number of halogens is 1. The molecule has 0 atom stereocenters. The number of para-hydroxylation sites is 1. The molecule has 1 aromatic carbocycles. The summed E-state index contributed by atoms with van der Waals surface area (Å²) in [5.41, 5.74) is 2.20. The Balaban J connectivity index is 0.00000261. The van der Waals surface area contributed by atoms with Gasteiger partial charge in [-0.3, -0.25) is 4.79 Å². The Kier molecular flexibility index (Phi) is 7.39. The van der Waals surface area contributed by atoms with Crippen LogP contribution in [-0.2, 0) is 0 Å². The minimum atomic E-state index is -0.0585. The lowest BCUT2D eigenvalue weighted by molar-refractivity contribution is 0.0678. The molecule has 0 aliphatic carbocycles. The molecular formula is C20H30ClN5O. The van der Waals surface area contributed by atoms with Crippen molar-refractivity contribution in [1.82, 2.24) is 25.0 Å². The summed E-state index contributed by atoms with van der Waals surface area (Å²) in [6, 6.07) is 8.17. The van der Waals surface area contributed by atoms with Gasteiger partial charge in [0.25, 0.3) is 5.91 Å². The van der Waals surface area contributed by atoms with Crippen LogP contribution in [0, 0.1) is 12.8 Å². The largest absolute Gasteiger partial charge is 0.336 e. The van der Waals surface area contributed by atoms with Crippen LogP contribution in [0.1, 0.15) is 54.6 Å². The fourth-order valence-corrected chi connectivity index (χ4v) is 3.65. The summed E-state index contributed by atoms with van der Waals surface area (Å²) in [4.78, 5) is 19.2. The van der Waals surface area contributed by atoms with Crippen LogP contribution in [0.4, 0.5) is 0 Å². The van der Waals surface area contributed by atoms with E-state index in [2.05, 4.69) is 35.3 Å². The summed E-state index contributed by atoms with van der Waals surface area (Å²) >= 11 is 0. The van der Waals surface area contributed by atoms with Gasteiger partial charge in [0.1, 0.15) is 5.82 Å². The van der Waals surface area contributed by atoms with Crippen molar-refractivity contribution in [3.63, 3.8) is 0 Å². The van der Waals surface area contributed by atoms with Crippen molar-refractivity contribution in [2.24, 2.45) is 5.92 Å². The predicted molar refractivity (Wildman–Crippen MR) is 110 cm³/mol. The maximum absolute atomic E-state index is 12.9. The first kappa shape index (κ1) is 21.4. The lowest BCUT2D eigenvalue weighted by atomic mass is 9.97. The van der Waals surface area contributed by atoms with Gasteiger partial charge >= 0.3 is 0 Å². The molecule has 0 radical (unpaired) electrons. The number of nitrogens with one attached hydrogen (secondary N) is 1. The van der Waals surface area contributed by atoms with Gasteiger partial charge in [0.2, 0.25) is 5.82 Å². The lowest BCUT2D eigenvalue weighted by Crippen LogP contribution is -2.40. The third-order valence-corrected chi connectivity index (χ3v) is 5.14. The van der Waals surface area contributed by atoms with Crippen LogP contribution in [0.2, 0.25) is 0 Å². The second kappa shape index (κ2) is 9.33. The van der Waals surface area contributed by atoms with Crippen molar-refractivity contribution in [3.05, 3.63) is 41.5 Å². The van der Waals surface area contributed by atoms with Gasteiger partial charge in [-0.1, -0.05) is 32.0 Å². The van der Waals surface area contributed by atoms with Crippen LogP contribution in [0.5, 0.6) is 0 Å². The smallest absolute Gasteiger partial charge is 0.293 e. The summed E-state index contributed by atoms with van der Waals surface area (Å²) in [5, 5.41) is 7.78. The Morgan fingerprint density at radius 1 is 1.26 bits per heavy atom. The predicted octanol–water partition coefficient (Wildman–Crippen LogP) is 3.19. The number of benzene rings is 1. The Morgan fingerprint density at radius 3 is 2.56 bits per heavy atom.